The lowest BCUT2D eigenvalue weighted by molar-refractivity contribution is -0.146. The molecule has 3 saturated heterocycles. The summed E-state index contributed by atoms with van der Waals surface area (Å²) in [7, 11) is -2.29. The zero-order chi connectivity index (χ0) is 40.9. The van der Waals surface area contributed by atoms with Crippen molar-refractivity contribution in [2.75, 3.05) is 26.7 Å². The van der Waals surface area contributed by atoms with E-state index in [1.807, 2.05) is 59.5 Å². The molecule has 4 heterocycles. The summed E-state index contributed by atoms with van der Waals surface area (Å²) in [6.45, 7) is 3.00. The van der Waals surface area contributed by atoms with Gasteiger partial charge in [0.25, 0.3) is 5.91 Å². The van der Waals surface area contributed by atoms with Gasteiger partial charge in [-0.3, -0.25) is 23.9 Å². The Kier molecular flexibility index (Phi) is 12.9. The van der Waals surface area contributed by atoms with E-state index in [9.17, 15) is 27.6 Å². The van der Waals surface area contributed by atoms with Crippen LogP contribution in [0.2, 0.25) is 0 Å². The Morgan fingerprint density at radius 1 is 0.914 bits per heavy atom. The van der Waals surface area contributed by atoms with Gasteiger partial charge in [0.15, 0.2) is 0 Å². The third kappa shape index (κ3) is 9.76. The third-order valence-electron chi connectivity index (χ3n) is 12.2. The van der Waals surface area contributed by atoms with Gasteiger partial charge in [0.2, 0.25) is 27.7 Å². The van der Waals surface area contributed by atoms with Gasteiger partial charge >= 0.3 is 0 Å². The first-order valence-electron chi connectivity index (χ1n) is 21.1. The summed E-state index contributed by atoms with van der Waals surface area (Å²) < 4.78 is 40.4. The molecule has 4 amide bonds. The first-order valence-corrected chi connectivity index (χ1v) is 22.7. The molecule has 58 heavy (non-hydrogen) atoms. The lowest BCUT2D eigenvalue weighted by Crippen LogP contribution is -2.61. The second kappa shape index (κ2) is 18.0. The van der Waals surface area contributed by atoms with Crippen LogP contribution in [0, 0.1) is 5.92 Å². The highest BCUT2D eigenvalue weighted by Crippen LogP contribution is 2.36. The zero-order valence-electron chi connectivity index (χ0n) is 33.7. The van der Waals surface area contributed by atoms with E-state index < -0.39 is 50.7 Å². The van der Waals surface area contributed by atoms with Gasteiger partial charge in [-0.1, -0.05) is 68.9 Å². The molecule has 4 fully saturated rings. The van der Waals surface area contributed by atoms with Crippen molar-refractivity contribution in [2.45, 2.75) is 126 Å². The molecule has 1 saturated carbocycles. The Hall–Kier alpha value is -4.72. The average Bonchev–Trinajstić information content (AvgIpc) is 4.02. The number of nitrogens with one attached hydrogen (secondary N) is 2. The lowest BCUT2D eigenvalue weighted by Gasteiger charge is -2.34. The van der Waals surface area contributed by atoms with Crippen LogP contribution in [0.4, 0.5) is 0 Å². The Bertz CT molecular complexity index is 2090. The van der Waals surface area contributed by atoms with Crippen LogP contribution >= 0.6 is 0 Å². The minimum Gasteiger partial charge on any atom is -0.497 e. The number of likely N-dealkylation sites (tertiary alicyclic amines) is 1. The Morgan fingerprint density at radius 3 is 2.34 bits per heavy atom. The van der Waals surface area contributed by atoms with Crippen LogP contribution in [0.5, 0.6) is 11.5 Å². The Morgan fingerprint density at radius 2 is 1.62 bits per heavy atom. The predicted molar refractivity (Wildman–Crippen MR) is 220 cm³/mol. The van der Waals surface area contributed by atoms with Crippen molar-refractivity contribution >= 4 is 44.6 Å². The molecule has 3 aliphatic heterocycles. The summed E-state index contributed by atoms with van der Waals surface area (Å²) in [6.07, 6.45) is 9.08. The molecule has 3 aromatic rings. The average molecular weight is 816 g/mol. The number of hydrogen-bond donors (Lipinski definition) is 2. The first kappa shape index (κ1) is 41.4. The summed E-state index contributed by atoms with van der Waals surface area (Å²) >= 11 is 0. The highest BCUT2D eigenvalue weighted by atomic mass is 32.2. The molecular formula is C44H57N5O8S. The number of aromatic nitrogens is 1. The van der Waals surface area contributed by atoms with E-state index in [4.69, 9.17) is 14.5 Å². The number of carbonyl (C=O) groups excluding carboxylic acids is 4. The van der Waals surface area contributed by atoms with Crippen molar-refractivity contribution in [1.82, 2.24) is 24.8 Å². The molecule has 4 atom stereocenters. The topological polar surface area (TPSA) is 164 Å². The number of rotatable bonds is 9. The monoisotopic (exact) mass is 815 g/mol. The van der Waals surface area contributed by atoms with Crippen molar-refractivity contribution in [3.63, 3.8) is 0 Å². The number of hydrogen-bond acceptors (Lipinski definition) is 9. The minimum atomic E-state index is -3.89. The molecule has 1 aliphatic carbocycles. The van der Waals surface area contributed by atoms with Gasteiger partial charge < -0.3 is 24.6 Å². The van der Waals surface area contributed by atoms with E-state index in [0.29, 0.717) is 61.5 Å². The van der Waals surface area contributed by atoms with Crippen LogP contribution < -0.4 is 19.5 Å². The van der Waals surface area contributed by atoms with E-state index in [-0.39, 0.29) is 37.6 Å². The molecule has 1 aromatic heterocycles. The highest BCUT2D eigenvalue weighted by molar-refractivity contribution is 7.91. The van der Waals surface area contributed by atoms with Crippen LogP contribution in [-0.2, 0) is 29.2 Å². The summed E-state index contributed by atoms with van der Waals surface area (Å²) in [6, 6.07) is 16.1. The number of ether oxygens (including phenoxy) is 2. The van der Waals surface area contributed by atoms with Gasteiger partial charge in [-0.2, -0.15) is 0 Å². The summed E-state index contributed by atoms with van der Waals surface area (Å²) in [5.41, 5.74) is 0.656. The lowest BCUT2D eigenvalue weighted by atomic mass is 9.92. The van der Waals surface area contributed by atoms with Crippen molar-refractivity contribution in [1.29, 1.82) is 0 Å². The van der Waals surface area contributed by atoms with E-state index >= 15 is 0 Å². The van der Waals surface area contributed by atoms with E-state index in [1.54, 1.807) is 14.0 Å². The molecular weight excluding hydrogens is 759 g/mol. The molecule has 4 aliphatic rings. The molecule has 2 aromatic carbocycles. The van der Waals surface area contributed by atoms with Gasteiger partial charge in [0, 0.05) is 54.9 Å². The Balaban J connectivity index is 1.22. The fourth-order valence-corrected chi connectivity index (χ4v) is 10.0. The zero-order valence-corrected chi connectivity index (χ0v) is 34.6. The normalized spacial score (nSPS) is 25.2. The smallest absolute Gasteiger partial charge is 0.258 e. The quantitative estimate of drug-likeness (QED) is 0.268. The van der Waals surface area contributed by atoms with Gasteiger partial charge in [-0.15, -0.1) is 0 Å². The van der Waals surface area contributed by atoms with Gasteiger partial charge in [0.1, 0.15) is 29.2 Å². The SMILES string of the molecule is COc1ccc2c(OC3CC4C(=O)NC(C)(C(=O)NS(=O)(=O)C5CC5)CCCCCCCCC(CC(=O)N5CCCCC5)C(=O)N4C3)cc(-c3ccccc3)nc2c1. The molecule has 312 valence electrons. The van der Waals surface area contributed by atoms with Crippen LogP contribution in [0.1, 0.15) is 103 Å². The number of nitrogens with zero attached hydrogens (tertiary/aromatic N) is 3. The van der Waals surface area contributed by atoms with Crippen molar-refractivity contribution < 1.29 is 37.1 Å². The first-order chi connectivity index (χ1) is 27.9. The van der Waals surface area contributed by atoms with Gasteiger partial charge in [-0.25, -0.2) is 13.4 Å². The van der Waals surface area contributed by atoms with E-state index in [1.165, 1.54) is 4.90 Å². The molecule has 2 N–H and O–H groups in total. The van der Waals surface area contributed by atoms with Crippen LogP contribution in [-0.4, -0.2) is 96.5 Å². The summed E-state index contributed by atoms with van der Waals surface area (Å²) in [5.74, 6) is -1.15. The van der Waals surface area contributed by atoms with Crippen LogP contribution in [0.25, 0.3) is 22.2 Å². The maximum absolute atomic E-state index is 14.9. The molecule has 0 bridgehead atoms. The van der Waals surface area contributed by atoms with Gasteiger partial charge in [0.05, 0.1) is 30.1 Å². The summed E-state index contributed by atoms with van der Waals surface area (Å²) in [4.78, 5) is 65.3. The molecule has 7 rings (SSSR count). The van der Waals surface area contributed by atoms with Crippen molar-refractivity contribution in [2.24, 2.45) is 5.92 Å². The second-order valence-corrected chi connectivity index (χ2v) is 18.7. The second-order valence-electron chi connectivity index (χ2n) is 16.7. The maximum Gasteiger partial charge on any atom is 0.258 e. The van der Waals surface area contributed by atoms with Gasteiger partial charge in [-0.05, 0) is 64.0 Å². The number of benzene rings is 2. The highest BCUT2D eigenvalue weighted by Gasteiger charge is 2.47. The van der Waals surface area contributed by atoms with Crippen molar-refractivity contribution in [3.05, 3.63) is 54.6 Å². The fraction of sp³-hybridized carbons (Fsp3) is 0.568. The van der Waals surface area contributed by atoms with Crippen LogP contribution in [0.3, 0.4) is 0 Å². The van der Waals surface area contributed by atoms with E-state index in [0.717, 1.165) is 62.3 Å². The summed E-state index contributed by atoms with van der Waals surface area (Å²) in [5, 5.41) is 3.05. The number of methoxy groups -OCH3 is 1. The number of piperidine rings is 1. The minimum absolute atomic E-state index is 0.0443. The fourth-order valence-electron chi connectivity index (χ4n) is 8.61. The van der Waals surface area contributed by atoms with E-state index in [2.05, 4.69) is 10.0 Å². The number of pyridine rings is 1. The number of carbonyl (C=O) groups is 4. The largest absolute Gasteiger partial charge is 0.497 e. The Labute approximate surface area is 341 Å². The van der Waals surface area contributed by atoms with Crippen molar-refractivity contribution in [3.8, 4) is 22.8 Å². The molecule has 14 heteroatoms. The predicted octanol–water partition coefficient (Wildman–Crippen LogP) is 5.90. The van der Waals surface area contributed by atoms with Crippen LogP contribution in [0.15, 0.2) is 54.6 Å². The number of amides is 4. The number of sulfonamides is 1. The molecule has 4 unspecified atom stereocenters. The molecule has 0 radical (unpaired) electrons. The third-order valence-corrected chi connectivity index (χ3v) is 14.1. The molecule has 0 spiro atoms. The maximum atomic E-state index is 14.9. The standard InChI is InChI=1S/C44H57N5O8S/c1-44(43(53)47-58(54,55)34-19-20-34)22-12-6-4-3-5-9-17-31(25-40(50)48-23-13-8-14-24-48)42(52)49-29-33(27-38(49)41(51)46-44)57-39-28-36(30-15-10-7-11-16-30)45-37-26-32(56-2)18-21-35(37)39/h7,10-11,15-16,18,21,26,28,31,33-34,38H,3-6,8-9,12-14,17,19-20,22-25,27,29H2,1-2H3,(H,46,51)(H,47,53). The number of fused-ring (bicyclic) bond motifs is 2. The molecule has 13 nitrogen and oxygen atoms in total.